The van der Waals surface area contributed by atoms with E-state index >= 15 is 0 Å². The van der Waals surface area contributed by atoms with Gasteiger partial charge in [0.1, 0.15) is 0 Å². The van der Waals surface area contributed by atoms with Crippen molar-refractivity contribution in [2.45, 2.75) is 49.8 Å². The van der Waals surface area contributed by atoms with E-state index in [2.05, 4.69) is 5.16 Å². The number of sulfonamides is 1. The molecule has 0 radical (unpaired) electrons. The number of aromatic nitrogens is 1. The van der Waals surface area contributed by atoms with E-state index in [0.717, 1.165) is 44.9 Å². The molecule has 8 heteroatoms. The molecule has 1 aromatic carbocycles. The van der Waals surface area contributed by atoms with Crippen molar-refractivity contribution in [2.75, 3.05) is 26.2 Å². The molecule has 0 spiro atoms. The molecule has 27 heavy (non-hydrogen) atoms. The second kappa shape index (κ2) is 7.59. The summed E-state index contributed by atoms with van der Waals surface area (Å²) in [6.45, 7) is 2.51. The second-order valence-corrected chi connectivity index (χ2v) is 9.30. The van der Waals surface area contributed by atoms with Crippen molar-refractivity contribution >= 4 is 26.9 Å². The van der Waals surface area contributed by atoms with E-state index in [1.54, 1.807) is 27.4 Å². The molecule has 146 valence electrons. The molecule has 7 nitrogen and oxygen atoms in total. The van der Waals surface area contributed by atoms with Gasteiger partial charge in [0.05, 0.1) is 10.3 Å². The molecule has 0 atom stereocenters. The molecule has 0 aliphatic carbocycles. The van der Waals surface area contributed by atoms with Gasteiger partial charge >= 0.3 is 0 Å². The lowest BCUT2D eigenvalue weighted by atomic mass is 10.1. The quantitative estimate of drug-likeness (QED) is 0.803. The van der Waals surface area contributed by atoms with Gasteiger partial charge in [0.15, 0.2) is 11.3 Å². The van der Waals surface area contributed by atoms with Gasteiger partial charge in [0, 0.05) is 26.2 Å². The Morgan fingerprint density at radius 1 is 0.926 bits per heavy atom. The highest BCUT2D eigenvalue weighted by Gasteiger charge is 2.28. The highest BCUT2D eigenvalue weighted by molar-refractivity contribution is 7.89. The number of hydrogen-bond acceptors (Lipinski definition) is 5. The Bertz CT molecular complexity index is 924. The lowest BCUT2D eigenvalue weighted by molar-refractivity contribution is 0.0716. The van der Waals surface area contributed by atoms with Crippen molar-refractivity contribution in [3.8, 4) is 0 Å². The third-order valence-electron chi connectivity index (χ3n) is 5.49. The van der Waals surface area contributed by atoms with Crippen molar-refractivity contribution in [2.24, 2.45) is 0 Å². The molecular formula is C19H25N3O4S. The van der Waals surface area contributed by atoms with Crippen molar-refractivity contribution in [1.29, 1.82) is 0 Å². The Labute approximate surface area is 159 Å². The van der Waals surface area contributed by atoms with Gasteiger partial charge in [0.2, 0.25) is 10.0 Å². The van der Waals surface area contributed by atoms with E-state index in [0.29, 0.717) is 37.1 Å². The zero-order valence-electron chi connectivity index (χ0n) is 15.4. The molecule has 0 saturated carbocycles. The maximum Gasteiger partial charge on any atom is 0.276 e. The first-order valence-corrected chi connectivity index (χ1v) is 11.2. The average molecular weight is 391 g/mol. The van der Waals surface area contributed by atoms with Gasteiger partial charge in [-0.25, -0.2) is 8.42 Å². The summed E-state index contributed by atoms with van der Waals surface area (Å²) in [6, 6.07) is 4.69. The van der Waals surface area contributed by atoms with Gasteiger partial charge in [-0.2, -0.15) is 4.31 Å². The standard InChI is InChI=1S/C19H25N3O4S/c23-19(21-10-4-3-5-11-21)18-16-14-15(8-9-17(16)26-20-18)27(24,25)22-12-6-1-2-7-13-22/h8-9,14H,1-7,10-13H2. The maximum absolute atomic E-state index is 13.1. The third kappa shape index (κ3) is 3.60. The minimum atomic E-state index is -3.58. The van der Waals surface area contributed by atoms with Crippen LogP contribution >= 0.6 is 0 Å². The molecule has 1 aromatic heterocycles. The van der Waals surface area contributed by atoms with Crippen molar-refractivity contribution in [3.05, 3.63) is 23.9 Å². The molecule has 2 saturated heterocycles. The maximum atomic E-state index is 13.1. The van der Waals surface area contributed by atoms with Gasteiger partial charge < -0.3 is 9.42 Å². The molecule has 2 aliphatic heterocycles. The number of fused-ring (bicyclic) bond motifs is 1. The number of piperidine rings is 1. The summed E-state index contributed by atoms with van der Waals surface area (Å²) in [4.78, 5) is 14.8. The molecule has 2 aliphatic rings. The largest absolute Gasteiger partial charge is 0.355 e. The fourth-order valence-corrected chi connectivity index (χ4v) is 5.45. The lowest BCUT2D eigenvalue weighted by Gasteiger charge is -2.25. The van der Waals surface area contributed by atoms with Crippen LogP contribution in [0.3, 0.4) is 0 Å². The monoisotopic (exact) mass is 391 g/mol. The highest BCUT2D eigenvalue weighted by atomic mass is 32.2. The van der Waals surface area contributed by atoms with Gasteiger partial charge in [-0.05, 0) is 50.3 Å². The van der Waals surface area contributed by atoms with Crippen LogP contribution in [0.1, 0.15) is 55.4 Å². The van der Waals surface area contributed by atoms with E-state index in [1.807, 2.05) is 0 Å². The Hall–Kier alpha value is -1.93. The Morgan fingerprint density at radius 3 is 2.26 bits per heavy atom. The van der Waals surface area contributed by atoms with Crippen LogP contribution in [-0.4, -0.2) is 54.9 Å². The normalized spacial score (nSPS) is 19.9. The molecule has 2 aromatic rings. The van der Waals surface area contributed by atoms with Crippen molar-refractivity contribution in [1.82, 2.24) is 14.4 Å². The van der Waals surface area contributed by atoms with Crippen LogP contribution in [0.5, 0.6) is 0 Å². The van der Waals surface area contributed by atoms with Crippen LogP contribution in [-0.2, 0) is 10.0 Å². The van der Waals surface area contributed by atoms with Crippen LogP contribution in [0, 0.1) is 0 Å². The lowest BCUT2D eigenvalue weighted by Crippen LogP contribution is -2.35. The molecule has 4 rings (SSSR count). The number of amides is 1. The molecular weight excluding hydrogens is 366 g/mol. The first-order chi connectivity index (χ1) is 13.1. The van der Waals surface area contributed by atoms with Gasteiger partial charge in [-0.15, -0.1) is 0 Å². The number of benzene rings is 1. The fourth-order valence-electron chi connectivity index (χ4n) is 3.91. The van der Waals surface area contributed by atoms with E-state index in [1.165, 1.54) is 0 Å². The number of carbonyl (C=O) groups is 1. The summed E-state index contributed by atoms with van der Waals surface area (Å²) in [7, 11) is -3.58. The number of carbonyl (C=O) groups excluding carboxylic acids is 1. The number of likely N-dealkylation sites (tertiary alicyclic amines) is 1. The number of nitrogens with zero attached hydrogens (tertiary/aromatic N) is 3. The molecule has 0 bridgehead atoms. The predicted octanol–water partition coefficient (Wildman–Crippen LogP) is 3.02. The van der Waals surface area contributed by atoms with Crippen molar-refractivity contribution in [3.63, 3.8) is 0 Å². The Kier molecular flexibility index (Phi) is 5.19. The Balaban J connectivity index is 1.68. The fraction of sp³-hybridized carbons (Fsp3) is 0.579. The van der Waals surface area contributed by atoms with Crippen LogP contribution in [0.4, 0.5) is 0 Å². The topological polar surface area (TPSA) is 83.7 Å². The van der Waals surface area contributed by atoms with Gasteiger partial charge in [-0.1, -0.05) is 18.0 Å². The van der Waals surface area contributed by atoms with Crippen LogP contribution in [0.2, 0.25) is 0 Å². The molecule has 2 fully saturated rings. The van der Waals surface area contributed by atoms with Crippen LogP contribution in [0.25, 0.3) is 11.0 Å². The van der Waals surface area contributed by atoms with E-state index < -0.39 is 10.0 Å². The van der Waals surface area contributed by atoms with E-state index in [9.17, 15) is 13.2 Å². The average Bonchev–Trinajstić information content (AvgIpc) is 2.91. The van der Waals surface area contributed by atoms with Crippen molar-refractivity contribution < 1.29 is 17.7 Å². The second-order valence-electron chi connectivity index (χ2n) is 7.36. The number of hydrogen-bond donors (Lipinski definition) is 0. The summed E-state index contributed by atoms with van der Waals surface area (Å²) in [5, 5.41) is 4.42. The molecule has 3 heterocycles. The number of rotatable bonds is 3. The molecule has 0 N–H and O–H groups in total. The first-order valence-electron chi connectivity index (χ1n) is 9.76. The minimum absolute atomic E-state index is 0.183. The predicted molar refractivity (Wildman–Crippen MR) is 101 cm³/mol. The smallest absolute Gasteiger partial charge is 0.276 e. The van der Waals surface area contributed by atoms with E-state index in [4.69, 9.17) is 4.52 Å². The zero-order valence-corrected chi connectivity index (χ0v) is 16.2. The molecule has 1 amide bonds. The van der Waals surface area contributed by atoms with Gasteiger partial charge in [0.25, 0.3) is 5.91 Å². The van der Waals surface area contributed by atoms with E-state index in [-0.39, 0.29) is 16.5 Å². The summed E-state index contributed by atoms with van der Waals surface area (Å²) < 4.78 is 33.0. The highest BCUT2D eigenvalue weighted by Crippen LogP contribution is 2.27. The minimum Gasteiger partial charge on any atom is -0.355 e. The third-order valence-corrected chi connectivity index (χ3v) is 7.38. The van der Waals surface area contributed by atoms with Crippen LogP contribution < -0.4 is 0 Å². The van der Waals surface area contributed by atoms with Gasteiger partial charge in [-0.3, -0.25) is 4.79 Å². The Morgan fingerprint density at radius 2 is 1.56 bits per heavy atom. The summed E-state index contributed by atoms with van der Waals surface area (Å²) >= 11 is 0. The molecule has 0 unspecified atom stereocenters. The summed E-state index contributed by atoms with van der Waals surface area (Å²) in [6.07, 6.45) is 6.98. The summed E-state index contributed by atoms with van der Waals surface area (Å²) in [5.74, 6) is -0.183. The van der Waals surface area contributed by atoms with Crippen LogP contribution in [0.15, 0.2) is 27.6 Å². The zero-order chi connectivity index (χ0) is 18.9. The first kappa shape index (κ1) is 18.4. The summed E-state index contributed by atoms with van der Waals surface area (Å²) in [5.41, 5.74) is 0.644. The SMILES string of the molecule is O=C(c1noc2ccc(S(=O)(=O)N3CCCCCC3)cc12)N1CCCCC1.